The average Bonchev–Trinajstić information content (AvgIpc) is 2.76. The summed E-state index contributed by atoms with van der Waals surface area (Å²) in [7, 11) is 0. The van der Waals surface area contributed by atoms with Gasteiger partial charge in [0.15, 0.2) is 0 Å². The smallest absolute Gasteiger partial charge is 0.263 e. The number of aliphatic imine (C=N–C) groups is 1. The van der Waals surface area contributed by atoms with Crippen LogP contribution in [0.15, 0.2) is 21.4 Å². The maximum absolute atomic E-state index is 11.1. The van der Waals surface area contributed by atoms with Crippen molar-refractivity contribution >= 4 is 29.7 Å². The number of fused-ring (bicyclic) bond motifs is 3. The number of primary amides is 1. The molecule has 2 N–H and O–H groups in total. The van der Waals surface area contributed by atoms with Crippen molar-refractivity contribution in [1.82, 2.24) is 4.98 Å². The van der Waals surface area contributed by atoms with Gasteiger partial charge in [-0.25, -0.2) is 0 Å². The van der Waals surface area contributed by atoms with Gasteiger partial charge in [-0.05, 0) is 0 Å². The highest BCUT2D eigenvalue weighted by molar-refractivity contribution is 6.39. The van der Waals surface area contributed by atoms with E-state index in [-0.39, 0.29) is 0 Å². The first-order valence-corrected chi connectivity index (χ1v) is 4.71. The molecule has 78 valence electrons. The van der Waals surface area contributed by atoms with Crippen LogP contribution in [0.25, 0.3) is 12.4 Å². The lowest BCUT2D eigenvalue weighted by Crippen LogP contribution is -2.31. The van der Waals surface area contributed by atoms with E-state index >= 15 is 0 Å². The minimum atomic E-state index is -0.515. The molecule has 0 atom stereocenters. The van der Waals surface area contributed by atoms with Gasteiger partial charge in [0, 0.05) is 23.4 Å². The van der Waals surface area contributed by atoms with Gasteiger partial charge in [0.2, 0.25) is 0 Å². The largest absolute Gasteiger partial charge is 0.365 e. The standard InChI is InChI=1S/C10H7N5O/c11-10(16)7-1-6-8(4-13-7)12-2-5-3-14-15-9(5)6/h2-4H,1H2,(H2,11,16). The molecule has 0 bridgehead atoms. The Morgan fingerprint density at radius 1 is 1.38 bits per heavy atom. The molecule has 0 spiro atoms. The van der Waals surface area contributed by atoms with E-state index in [0.717, 1.165) is 21.8 Å². The minimum Gasteiger partial charge on any atom is -0.365 e. The van der Waals surface area contributed by atoms with E-state index in [0.29, 0.717) is 12.1 Å². The second-order valence-corrected chi connectivity index (χ2v) is 3.52. The van der Waals surface area contributed by atoms with Crippen LogP contribution >= 0.6 is 0 Å². The number of pyridine rings is 1. The van der Waals surface area contributed by atoms with Crippen molar-refractivity contribution in [3.05, 3.63) is 22.3 Å². The zero-order valence-electron chi connectivity index (χ0n) is 8.21. The van der Waals surface area contributed by atoms with E-state index in [9.17, 15) is 4.79 Å². The molecule has 0 unspecified atom stereocenters. The molecule has 0 saturated carbocycles. The zero-order valence-corrected chi connectivity index (χ0v) is 8.21. The van der Waals surface area contributed by atoms with E-state index in [1.807, 2.05) is 0 Å². The molecule has 2 aliphatic rings. The Kier molecular flexibility index (Phi) is 1.70. The van der Waals surface area contributed by atoms with Crippen molar-refractivity contribution in [1.29, 1.82) is 0 Å². The fraction of sp³-hybridized carbons (Fsp3) is 0.100. The highest BCUT2D eigenvalue weighted by Gasteiger charge is 2.18. The first-order chi connectivity index (χ1) is 7.75. The van der Waals surface area contributed by atoms with Crippen LogP contribution in [0.4, 0.5) is 5.69 Å². The molecule has 3 rings (SSSR count). The van der Waals surface area contributed by atoms with Gasteiger partial charge < -0.3 is 5.73 Å². The Morgan fingerprint density at radius 3 is 3.06 bits per heavy atom. The Labute approximate surface area is 89.9 Å². The predicted molar refractivity (Wildman–Crippen MR) is 57.3 cm³/mol. The lowest BCUT2D eigenvalue weighted by molar-refractivity contribution is -0.112. The summed E-state index contributed by atoms with van der Waals surface area (Å²) in [5.41, 5.74) is 7.14. The molecular weight excluding hydrogens is 206 g/mol. The van der Waals surface area contributed by atoms with Gasteiger partial charge in [-0.3, -0.25) is 14.8 Å². The number of carbonyl (C=O) groups is 1. The number of hydrogen-bond acceptors (Lipinski definition) is 5. The second-order valence-electron chi connectivity index (χ2n) is 3.52. The average molecular weight is 213 g/mol. The molecular formula is C10H7N5O. The monoisotopic (exact) mass is 213 g/mol. The quantitative estimate of drug-likeness (QED) is 0.657. The maximum Gasteiger partial charge on any atom is 0.263 e. The van der Waals surface area contributed by atoms with E-state index in [4.69, 9.17) is 5.73 Å². The Bertz CT molecular complexity index is 671. The molecule has 0 radical (unpaired) electrons. The van der Waals surface area contributed by atoms with Gasteiger partial charge in [-0.2, -0.15) is 10.2 Å². The summed E-state index contributed by atoms with van der Waals surface area (Å²) in [5, 5.41) is 9.41. The number of carbonyl (C=O) groups excluding carboxylic acids is 1. The van der Waals surface area contributed by atoms with Crippen molar-refractivity contribution in [3.63, 3.8) is 0 Å². The molecule has 3 heterocycles. The summed E-state index contributed by atoms with van der Waals surface area (Å²) in [4.78, 5) is 19.2. The maximum atomic E-state index is 11.1. The number of nitrogens with zero attached hydrogens (tertiary/aromatic N) is 4. The predicted octanol–water partition coefficient (Wildman–Crippen LogP) is -0.863. The summed E-state index contributed by atoms with van der Waals surface area (Å²) in [5.74, 6) is -0.515. The third-order valence-corrected chi connectivity index (χ3v) is 2.54. The summed E-state index contributed by atoms with van der Waals surface area (Å²) < 4.78 is 0. The molecule has 6 nitrogen and oxygen atoms in total. The van der Waals surface area contributed by atoms with Crippen molar-refractivity contribution in [2.75, 3.05) is 0 Å². The van der Waals surface area contributed by atoms with Crippen molar-refractivity contribution in [2.45, 2.75) is 6.42 Å². The van der Waals surface area contributed by atoms with Crippen LogP contribution in [-0.2, 0) is 11.2 Å². The van der Waals surface area contributed by atoms with Gasteiger partial charge in [-0.1, -0.05) is 0 Å². The topological polar surface area (TPSA) is 93.1 Å². The normalized spacial score (nSPS) is 15.6. The van der Waals surface area contributed by atoms with E-state index in [1.54, 1.807) is 12.4 Å². The Balaban J connectivity index is 2.25. The molecule has 0 fully saturated rings. The number of aromatic nitrogens is 1. The lowest BCUT2D eigenvalue weighted by Gasteiger charge is -2.08. The second kappa shape index (κ2) is 3.06. The number of nitrogens with two attached hydrogens (primary N) is 1. The van der Waals surface area contributed by atoms with Crippen LogP contribution in [0.5, 0.6) is 0 Å². The Hall–Kier alpha value is -2.37. The summed E-state index contributed by atoms with van der Waals surface area (Å²) in [6, 6.07) is 0. The van der Waals surface area contributed by atoms with Crippen molar-refractivity contribution < 1.29 is 4.79 Å². The fourth-order valence-electron chi connectivity index (χ4n) is 1.72. The number of azo groups is 1. The van der Waals surface area contributed by atoms with Gasteiger partial charge in [0.05, 0.1) is 17.7 Å². The highest BCUT2D eigenvalue weighted by atomic mass is 16.1. The molecule has 1 aromatic rings. The SMILES string of the molecule is NC(=O)C1=NC=c2ncc3c(c2C1)N=NC=3. The molecule has 16 heavy (non-hydrogen) atoms. The van der Waals surface area contributed by atoms with Gasteiger partial charge in [0.1, 0.15) is 11.4 Å². The van der Waals surface area contributed by atoms with Crippen molar-refractivity contribution in [2.24, 2.45) is 21.0 Å². The highest BCUT2D eigenvalue weighted by Crippen LogP contribution is 2.16. The van der Waals surface area contributed by atoms with E-state index < -0.39 is 5.91 Å². The van der Waals surface area contributed by atoms with Crippen LogP contribution in [0.2, 0.25) is 0 Å². The first kappa shape index (κ1) is 8.90. The third-order valence-electron chi connectivity index (χ3n) is 2.54. The number of rotatable bonds is 1. The van der Waals surface area contributed by atoms with Gasteiger partial charge in [0.25, 0.3) is 5.91 Å². The van der Waals surface area contributed by atoms with Crippen LogP contribution < -0.4 is 16.3 Å². The Morgan fingerprint density at radius 2 is 2.25 bits per heavy atom. The number of hydrogen-bond donors (Lipinski definition) is 1. The molecule has 1 aromatic heterocycles. The summed E-state index contributed by atoms with van der Waals surface area (Å²) >= 11 is 0. The molecule has 0 aromatic carbocycles. The first-order valence-electron chi connectivity index (χ1n) is 4.71. The summed E-state index contributed by atoms with van der Waals surface area (Å²) in [6.45, 7) is 0. The van der Waals surface area contributed by atoms with Crippen molar-refractivity contribution in [3.8, 4) is 0 Å². The molecule has 0 saturated heterocycles. The van der Waals surface area contributed by atoms with E-state index in [1.165, 1.54) is 6.20 Å². The molecule has 6 heteroatoms. The number of amides is 1. The van der Waals surface area contributed by atoms with Crippen LogP contribution in [0, 0.1) is 0 Å². The van der Waals surface area contributed by atoms with Gasteiger partial charge >= 0.3 is 0 Å². The van der Waals surface area contributed by atoms with Crippen LogP contribution in [0.1, 0.15) is 5.56 Å². The fourth-order valence-corrected chi connectivity index (χ4v) is 1.72. The molecule has 2 aliphatic heterocycles. The van der Waals surface area contributed by atoms with E-state index in [2.05, 4.69) is 20.2 Å². The molecule has 1 amide bonds. The zero-order chi connectivity index (χ0) is 11.1. The third kappa shape index (κ3) is 1.16. The van der Waals surface area contributed by atoms with Crippen LogP contribution in [-0.4, -0.2) is 16.6 Å². The minimum absolute atomic E-state index is 0.324. The summed E-state index contributed by atoms with van der Waals surface area (Å²) in [6.07, 6.45) is 5.23. The van der Waals surface area contributed by atoms with Gasteiger partial charge in [-0.15, -0.1) is 0 Å². The lowest BCUT2D eigenvalue weighted by atomic mass is 10.0. The molecule has 0 aliphatic carbocycles. The van der Waals surface area contributed by atoms with Crippen LogP contribution in [0.3, 0.4) is 0 Å².